The molecule has 2 rings (SSSR count). The van der Waals surface area contributed by atoms with Crippen LogP contribution in [0.2, 0.25) is 0 Å². The Morgan fingerprint density at radius 2 is 2.00 bits per heavy atom. The Morgan fingerprint density at radius 3 is 2.55 bits per heavy atom. The Bertz CT molecular complexity index is 634. The fourth-order valence-electron chi connectivity index (χ4n) is 2.32. The van der Waals surface area contributed by atoms with Crippen LogP contribution in [0.15, 0.2) is 24.3 Å². The third-order valence-corrected chi connectivity index (χ3v) is 3.34. The Kier molecular flexibility index (Phi) is 3.94. The number of aromatic nitrogens is 2. The van der Waals surface area contributed by atoms with Gasteiger partial charge in [0.25, 0.3) is 0 Å². The minimum absolute atomic E-state index is 0.643. The third-order valence-electron chi connectivity index (χ3n) is 3.34. The first-order valence-corrected chi connectivity index (χ1v) is 6.59. The van der Waals surface area contributed by atoms with E-state index in [1.807, 2.05) is 38.2 Å². The monoisotopic (exact) mass is 269 g/mol. The average molecular weight is 269 g/mol. The highest BCUT2D eigenvalue weighted by molar-refractivity contribution is 5.57. The highest BCUT2D eigenvalue weighted by atomic mass is 15.4. The van der Waals surface area contributed by atoms with Gasteiger partial charge in [0.15, 0.2) is 0 Å². The predicted molar refractivity (Wildman–Crippen MR) is 80.2 cm³/mol. The van der Waals surface area contributed by atoms with Crippen molar-refractivity contribution in [1.29, 1.82) is 5.26 Å². The molecule has 2 aromatic rings. The first kappa shape index (κ1) is 13.9. The van der Waals surface area contributed by atoms with Gasteiger partial charge in [-0.25, -0.2) is 0 Å². The summed E-state index contributed by atoms with van der Waals surface area (Å²) in [6.45, 7) is 5.46. The van der Waals surface area contributed by atoms with Gasteiger partial charge in [-0.1, -0.05) is 12.1 Å². The predicted octanol–water partition coefficient (Wildman–Crippen LogP) is 2.21. The minimum Gasteiger partial charge on any atom is -0.399 e. The summed E-state index contributed by atoms with van der Waals surface area (Å²) < 4.78 is 1.77. The van der Waals surface area contributed by atoms with E-state index in [2.05, 4.69) is 23.0 Å². The fourth-order valence-corrected chi connectivity index (χ4v) is 2.32. The number of nitriles is 1. The normalized spacial score (nSPS) is 10.3. The van der Waals surface area contributed by atoms with Crippen LogP contribution < -0.4 is 10.6 Å². The summed E-state index contributed by atoms with van der Waals surface area (Å²) in [6.07, 6.45) is 0. The second kappa shape index (κ2) is 5.66. The topological polar surface area (TPSA) is 70.9 Å². The first-order valence-electron chi connectivity index (χ1n) is 6.59. The first-order chi connectivity index (χ1) is 9.56. The number of aryl methyl sites for hydroxylation is 2. The summed E-state index contributed by atoms with van der Waals surface area (Å²) in [6, 6.07) is 10.0. The van der Waals surface area contributed by atoms with Crippen molar-refractivity contribution in [2.75, 3.05) is 17.2 Å². The standard InChI is InChI=1S/C15H19N5/c1-4-20(10-12-5-7-13(17)8-6-12)15-14(9-16)11(2)18-19(15)3/h5-8H,4,10,17H2,1-3H3. The van der Waals surface area contributed by atoms with E-state index in [0.29, 0.717) is 5.56 Å². The fraction of sp³-hybridized carbons (Fsp3) is 0.333. The van der Waals surface area contributed by atoms with Crippen molar-refractivity contribution in [1.82, 2.24) is 9.78 Å². The Morgan fingerprint density at radius 1 is 1.35 bits per heavy atom. The van der Waals surface area contributed by atoms with Crippen LogP contribution >= 0.6 is 0 Å². The summed E-state index contributed by atoms with van der Waals surface area (Å²) >= 11 is 0. The molecule has 1 aromatic heterocycles. The zero-order valence-electron chi connectivity index (χ0n) is 12.1. The van der Waals surface area contributed by atoms with Gasteiger partial charge in [-0.15, -0.1) is 0 Å². The van der Waals surface area contributed by atoms with Gasteiger partial charge in [-0.05, 0) is 31.5 Å². The SMILES string of the molecule is CCN(Cc1ccc(N)cc1)c1c(C#N)c(C)nn1C. The molecule has 0 saturated carbocycles. The molecule has 1 aromatic carbocycles. The molecule has 0 radical (unpaired) electrons. The van der Waals surface area contributed by atoms with Crippen molar-refractivity contribution in [3.05, 3.63) is 41.1 Å². The number of hydrogen-bond acceptors (Lipinski definition) is 4. The van der Waals surface area contributed by atoms with Crippen LogP contribution in [0.4, 0.5) is 11.5 Å². The molecule has 0 fully saturated rings. The summed E-state index contributed by atoms with van der Waals surface area (Å²) in [4.78, 5) is 2.14. The highest BCUT2D eigenvalue weighted by Gasteiger charge is 2.18. The number of nitrogen functional groups attached to an aromatic ring is 1. The van der Waals surface area contributed by atoms with E-state index in [-0.39, 0.29) is 0 Å². The van der Waals surface area contributed by atoms with Crippen molar-refractivity contribution < 1.29 is 0 Å². The maximum atomic E-state index is 9.31. The Labute approximate surface area is 119 Å². The van der Waals surface area contributed by atoms with Gasteiger partial charge in [-0.3, -0.25) is 4.68 Å². The molecule has 0 saturated heterocycles. The molecule has 5 heteroatoms. The molecule has 0 unspecified atom stereocenters. The van der Waals surface area contributed by atoms with Gasteiger partial charge in [0.1, 0.15) is 17.5 Å². The average Bonchev–Trinajstić information content (AvgIpc) is 2.72. The maximum absolute atomic E-state index is 9.31. The molecule has 0 aliphatic heterocycles. The highest BCUT2D eigenvalue weighted by Crippen LogP contribution is 2.24. The largest absolute Gasteiger partial charge is 0.399 e. The molecule has 0 amide bonds. The summed E-state index contributed by atoms with van der Waals surface area (Å²) in [7, 11) is 1.87. The lowest BCUT2D eigenvalue weighted by atomic mass is 10.2. The van der Waals surface area contributed by atoms with Gasteiger partial charge in [0, 0.05) is 25.8 Å². The lowest BCUT2D eigenvalue weighted by molar-refractivity contribution is 0.705. The van der Waals surface area contributed by atoms with Crippen LogP contribution in [-0.4, -0.2) is 16.3 Å². The molecule has 0 atom stereocenters. The van der Waals surface area contributed by atoms with Gasteiger partial charge >= 0.3 is 0 Å². The van der Waals surface area contributed by atoms with Crippen molar-refractivity contribution in [2.24, 2.45) is 7.05 Å². The van der Waals surface area contributed by atoms with Crippen molar-refractivity contribution in [3.63, 3.8) is 0 Å². The van der Waals surface area contributed by atoms with Gasteiger partial charge in [-0.2, -0.15) is 10.4 Å². The van der Waals surface area contributed by atoms with Crippen LogP contribution in [-0.2, 0) is 13.6 Å². The molecule has 0 spiro atoms. The number of anilines is 2. The molecule has 0 aliphatic rings. The second-order valence-corrected chi connectivity index (χ2v) is 4.78. The van der Waals surface area contributed by atoms with Gasteiger partial charge in [0.2, 0.25) is 0 Å². The zero-order valence-corrected chi connectivity index (χ0v) is 12.1. The molecule has 20 heavy (non-hydrogen) atoms. The lowest BCUT2D eigenvalue weighted by Gasteiger charge is -2.23. The van der Waals surface area contributed by atoms with Crippen LogP contribution in [0.5, 0.6) is 0 Å². The number of nitrogens with zero attached hydrogens (tertiary/aromatic N) is 4. The molecule has 0 bridgehead atoms. The molecular weight excluding hydrogens is 250 g/mol. The van der Waals surface area contributed by atoms with Crippen molar-refractivity contribution in [3.8, 4) is 6.07 Å². The molecule has 0 aliphatic carbocycles. The van der Waals surface area contributed by atoms with E-state index < -0.39 is 0 Å². The van der Waals surface area contributed by atoms with E-state index in [0.717, 1.165) is 35.9 Å². The molecule has 5 nitrogen and oxygen atoms in total. The minimum atomic E-state index is 0.643. The number of nitrogens with two attached hydrogens (primary N) is 1. The second-order valence-electron chi connectivity index (χ2n) is 4.78. The van der Waals surface area contributed by atoms with Gasteiger partial charge in [0.05, 0.1) is 5.69 Å². The lowest BCUT2D eigenvalue weighted by Crippen LogP contribution is -2.25. The molecule has 104 valence electrons. The number of rotatable bonds is 4. The summed E-state index contributed by atoms with van der Waals surface area (Å²) in [5.41, 5.74) is 9.02. The number of hydrogen-bond donors (Lipinski definition) is 1. The molecular formula is C15H19N5. The van der Waals surface area contributed by atoms with E-state index in [9.17, 15) is 5.26 Å². The van der Waals surface area contributed by atoms with Crippen LogP contribution in [0.25, 0.3) is 0 Å². The molecule has 2 N–H and O–H groups in total. The van der Waals surface area contributed by atoms with E-state index in [1.165, 1.54) is 0 Å². The summed E-state index contributed by atoms with van der Waals surface area (Å²) in [5, 5.41) is 13.7. The van der Waals surface area contributed by atoms with E-state index in [4.69, 9.17) is 5.73 Å². The van der Waals surface area contributed by atoms with Crippen LogP contribution in [0.3, 0.4) is 0 Å². The van der Waals surface area contributed by atoms with Crippen molar-refractivity contribution >= 4 is 11.5 Å². The van der Waals surface area contributed by atoms with E-state index in [1.54, 1.807) is 4.68 Å². The Hall–Kier alpha value is -2.48. The smallest absolute Gasteiger partial charge is 0.145 e. The number of benzene rings is 1. The maximum Gasteiger partial charge on any atom is 0.145 e. The van der Waals surface area contributed by atoms with Crippen LogP contribution in [0, 0.1) is 18.3 Å². The van der Waals surface area contributed by atoms with E-state index >= 15 is 0 Å². The quantitative estimate of drug-likeness (QED) is 0.864. The van der Waals surface area contributed by atoms with Crippen molar-refractivity contribution in [2.45, 2.75) is 20.4 Å². The summed E-state index contributed by atoms with van der Waals surface area (Å²) in [5.74, 6) is 0.865. The van der Waals surface area contributed by atoms with Crippen LogP contribution in [0.1, 0.15) is 23.7 Å². The third kappa shape index (κ3) is 2.59. The Balaban J connectivity index is 2.34. The zero-order chi connectivity index (χ0) is 14.7. The van der Waals surface area contributed by atoms with Gasteiger partial charge < -0.3 is 10.6 Å². The molecule has 1 heterocycles.